The van der Waals surface area contributed by atoms with Crippen LogP contribution in [0.2, 0.25) is 0 Å². The van der Waals surface area contributed by atoms with Gasteiger partial charge in [0.25, 0.3) is 0 Å². The predicted molar refractivity (Wildman–Crippen MR) is 141 cm³/mol. The number of pyridine rings is 1. The lowest BCUT2D eigenvalue weighted by Gasteiger charge is -2.30. The smallest absolute Gasteiger partial charge is 0.227 e. The Bertz CT molecular complexity index is 1350. The van der Waals surface area contributed by atoms with Crippen molar-refractivity contribution in [2.24, 2.45) is 7.05 Å². The van der Waals surface area contributed by atoms with Crippen LogP contribution in [0, 0.1) is 0 Å². The summed E-state index contributed by atoms with van der Waals surface area (Å²) in [5.74, 6) is 1.16. The summed E-state index contributed by atoms with van der Waals surface area (Å²) in [5, 5.41) is 3.31. The number of hydrogen-bond acceptors (Lipinski definition) is 8. The number of hydrogen-bond donors (Lipinski definition) is 2. The lowest BCUT2D eigenvalue weighted by Crippen LogP contribution is -2.37. The van der Waals surface area contributed by atoms with E-state index in [4.69, 9.17) is 15.5 Å². The van der Waals surface area contributed by atoms with Gasteiger partial charge in [-0.15, -0.1) is 0 Å². The zero-order chi connectivity index (χ0) is 24.5. The molecule has 182 valence electrons. The molecule has 0 radical (unpaired) electrons. The van der Waals surface area contributed by atoms with Crippen LogP contribution in [0.15, 0.2) is 48.9 Å². The van der Waals surface area contributed by atoms with Crippen LogP contribution in [0.3, 0.4) is 0 Å². The van der Waals surface area contributed by atoms with Gasteiger partial charge in [-0.05, 0) is 51.2 Å². The Labute approximate surface area is 205 Å². The minimum absolute atomic E-state index is 0.435. The van der Waals surface area contributed by atoms with Gasteiger partial charge in [-0.1, -0.05) is 0 Å². The molecule has 1 unspecified atom stereocenters. The van der Waals surface area contributed by atoms with Crippen LogP contribution in [-0.2, 0) is 7.05 Å². The number of aryl methyl sites for hydroxylation is 1. The molecular weight excluding hydrogens is 440 g/mol. The first-order chi connectivity index (χ1) is 16.9. The lowest BCUT2D eigenvalue weighted by molar-refractivity contribution is 0.372. The van der Waals surface area contributed by atoms with Crippen LogP contribution in [0.4, 0.5) is 23.0 Å². The molecule has 0 bridgehead atoms. The van der Waals surface area contributed by atoms with Crippen LogP contribution in [0.25, 0.3) is 22.3 Å². The normalized spacial score (nSPS) is 15.8. The monoisotopic (exact) mass is 472 g/mol. The van der Waals surface area contributed by atoms with Crippen LogP contribution in [-0.4, -0.2) is 64.8 Å². The van der Waals surface area contributed by atoms with Crippen molar-refractivity contribution >= 4 is 34.0 Å². The number of nitrogens with zero attached hydrogens (tertiary/aromatic N) is 6. The van der Waals surface area contributed by atoms with E-state index in [9.17, 15) is 0 Å². The number of anilines is 4. The van der Waals surface area contributed by atoms with Gasteiger partial charge in [0.1, 0.15) is 5.75 Å². The molecule has 35 heavy (non-hydrogen) atoms. The lowest BCUT2D eigenvalue weighted by atomic mass is 10.1. The van der Waals surface area contributed by atoms with E-state index in [0.717, 1.165) is 59.6 Å². The molecule has 1 atom stereocenters. The molecule has 1 saturated heterocycles. The van der Waals surface area contributed by atoms with Crippen molar-refractivity contribution in [1.29, 1.82) is 0 Å². The fourth-order valence-corrected chi connectivity index (χ4v) is 4.96. The van der Waals surface area contributed by atoms with Gasteiger partial charge >= 0.3 is 0 Å². The number of nitrogens with two attached hydrogens (primary N) is 1. The summed E-state index contributed by atoms with van der Waals surface area (Å²) in [4.78, 5) is 18.4. The molecule has 3 N–H and O–H groups in total. The molecule has 0 spiro atoms. The second-order valence-electron chi connectivity index (χ2n) is 9.28. The fourth-order valence-electron chi connectivity index (χ4n) is 4.96. The zero-order valence-electron chi connectivity index (χ0n) is 20.7. The van der Waals surface area contributed by atoms with E-state index in [1.807, 2.05) is 43.6 Å². The van der Waals surface area contributed by atoms with Crippen LogP contribution in [0.1, 0.15) is 12.8 Å². The Morgan fingerprint density at radius 3 is 2.86 bits per heavy atom. The maximum Gasteiger partial charge on any atom is 0.227 e. The number of nitrogen functional groups attached to an aromatic ring is 1. The highest BCUT2D eigenvalue weighted by Gasteiger charge is 2.27. The molecule has 0 amide bonds. The first kappa shape index (κ1) is 22.9. The van der Waals surface area contributed by atoms with Gasteiger partial charge in [-0.25, -0.2) is 9.97 Å². The number of rotatable bonds is 7. The minimum atomic E-state index is 0.435. The van der Waals surface area contributed by atoms with E-state index < -0.39 is 0 Å². The number of benzene rings is 1. The molecule has 5 rings (SSSR count). The van der Waals surface area contributed by atoms with Crippen molar-refractivity contribution in [1.82, 2.24) is 24.4 Å². The first-order valence-electron chi connectivity index (χ1n) is 11.8. The Morgan fingerprint density at radius 2 is 2.06 bits per heavy atom. The standard InChI is InChI=1S/C26H32N8O/c1-32(2)15-17-7-6-12-34(17)23-14-24(35-4)21(13-19(23)27)31-26-29-11-9-20(30-26)18-16-33(3)22-8-5-10-28-25(18)22/h5,8-11,13-14,16-17H,6-7,12,15,27H2,1-4H3,(H,29,30,31). The number of methoxy groups -OCH3 is 1. The topological polar surface area (TPSA) is 97.4 Å². The molecule has 4 heterocycles. The van der Waals surface area contributed by atoms with Gasteiger partial charge < -0.3 is 30.2 Å². The molecule has 1 aliphatic rings. The summed E-state index contributed by atoms with van der Waals surface area (Å²) in [6.45, 7) is 1.98. The molecule has 0 aliphatic carbocycles. The summed E-state index contributed by atoms with van der Waals surface area (Å²) in [7, 11) is 7.89. The average molecular weight is 473 g/mol. The van der Waals surface area contributed by atoms with Gasteiger partial charge in [-0.2, -0.15) is 0 Å². The van der Waals surface area contributed by atoms with Crippen molar-refractivity contribution in [3.05, 3.63) is 48.9 Å². The third kappa shape index (κ3) is 4.46. The van der Waals surface area contributed by atoms with Gasteiger partial charge in [0, 0.05) is 56.4 Å². The molecule has 1 aliphatic heterocycles. The van der Waals surface area contributed by atoms with E-state index in [0.29, 0.717) is 23.4 Å². The fraction of sp³-hybridized carbons (Fsp3) is 0.346. The van der Waals surface area contributed by atoms with Gasteiger partial charge in [0.2, 0.25) is 5.95 Å². The van der Waals surface area contributed by atoms with Crippen molar-refractivity contribution < 1.29 is 4.74 Å². The Morgan fingerprint density at radius 1 is 1.20 bits per heavy atom. The number of ether oxygens (including phenoxy) is 1. The summed E-state index contributed by atoms with van der Waals surface area (Å²) in [5.41, 5.74) is 12.7. The summed E-state index contributed by atoms with van der Waals surface area (Å²) in [6, 6.07) is 10.2. The zero-order valence-corrected chi connectivity index (χ0v) is 20.7. The number of fused-ring (bicyclic) bond motifs is 1. The van der Waals surface area contributed by atoms with Gasteiger partial charge in [0.05, 0.1) is 40.9 Å². The molecular formula is C26H32N8O. The molecule has 9 heteroatoms. The predicted octanol–water partition coefficient (Wildman–Crippen LogP) is 3.90. The number of nitrogens with one attached hydrogen (secondary N) is 1. The largest absolute Gasteiger partial charge is 0.494 e. The van der Waals surface area contributed by atoms with Crippen molar-refractivity contribution in [3.63, 3.8) is 0 Å². The number of aromatic nitrogens is 4. The van der Waals surface area contributed by atoms with Crippen molar-refractivity contribution in [2.45, 2.75) is 18.9 Å². The highest BCUT2D eigenvalue weighted by molar-refractivity contribution is 5.92. The molecule has 3 aromatic heterocycles. The van der Waals surface area contributed by atoms with E-state index in [1.165, 1.54) is 0 Å². The maximum absolute atomic E-state index is 6.55. The molecule has 4 aromatic rings. The second-order valence-corrected chi connectivity index (χ2v) is 9.28. The van der Waals surface area contributed by atoms with Gasteiger partial charge in [0.15, 0.2) is 0 Å². The maximum atomic E-state index is 6.55. The van der Waals surface area contributed by atoms with E-state index in [2.05, 4.69) is 43.7 Å². The van der Waals surface area contributed by atoms with Crippen molar-refractivity contribution in [3.8, 4) is 17.0 Å². The summed E-state index contributed by atoms with van der Waals surface area (Å²) < 4.78 is 7.79. The molecule has 0 saturated carbocycles. The Balaban J connectivity index is 1.45. The quantitative estimate of drug-likeness (QED) is 0.391. The Kier molecular flexibility index (Phi) is 6.17. The van der Waals surface area contributed by atoms with E-state index in [1.54, 1.807) is 19.5 Å². The van der Waals surface area contributed by atoms with Gasteiger partial charge in [-0.3, -0.25) is 4.98 Å². The van der Waals surface area contributed by atoms with Crippen LogP contribution < -0.4 is 20.7 Å². The summed E-state index contributed by atoms with van der Waals surface area (Å²) in [6.07, 6.45) is 7.89. The number of likely N-dealkylation sites (N-methyl/N-ethyl adjacent to an activating group) is 1. The highest BCUT2D eigenvalue weighted by Crippen LogP contribution is 2.39. The van der Waals surface area contributed by atoms with E-state index >= 15 is 0 Å². The van der Waals surface area contributed by atoms with E-state index in [-0.39, 0.29) is 0 Å². The highest BCUT2D eigenvalue weighted by atomic mass is 16.5. The Hall–Kier alpha value is -3.85. The first-order valence-corrected chi connectivity index (χ1v) is 11.8. The van der Waals surface area contributed by atoms with Crippen LogP contribution in [0.5, 0.6) is 5.75 Å². The minimum Gasteiger partial charge on any atom is -0.494 e. The third-order valence-electron chi connectivity index (χ3n) is 6.53. The van der Waals surface area contributed by atoms with Crippen molar-refractivity contribution in [2.75, 3.05) is 50.2 Å². The molecule has 9 nitrogen and oxygen atoms in total. The second kappa shape index (κ2) is 9.42. The summed E-state index contributed by atoms with van der Waals surface area (Å²) >= 11 is 0. The third-order valence-corrected chi connectivity index (χ3v) is 6.53. The van der Waals surface area contributed by atoms with Crippen LogP contribution >= 0.6 is 0 Å². The molecule has 1 aromatic carbocycles. The average Bonchev–Trinajstić information content (AvgIpc) is 3.43. The molecule has 1 fully saturated rings. The SMILES string of the molecule is COc1cc(N2CCCC2CN(C)C)c(N)cc1Nc1nccc(-c2cn(C)c3cccnc23)n1.